The van der Waals surface area contributed by atoms with Gasteiger partial charge in [0.1, 0.15) is 0 Å². The third-order valence-corrected chi connectivity index (χ3v) is 4.80. The van der Waals surface area contributed by atoms with Gasteiger partial charge in [-0.25, -0.2) is 0 Å². The van der Waals surface area contributed by atoms with E-state index in [1.165, 1.54) is 0 Å². The fraction of sp³-hybridized carbons (Fsp3) is 0.235. The smallest absolute Gasteiger partial charge is 0.251 e. The van der Waals surface area contributed by atoms with Gasteiger partial charge < -0.3 is 10.4 Å². The van der Waals surface area contributed by atoms with Crippen molar-refractivity contribution >= 4 is 21.8 Å². The van der Waals surface area contributed by atoms with E-state index in [0.717, 1.165) is 21.2 Å². The molecule has 4 heteroatoms. The van der Waals surface area contributed by atoms with Crippen molar-refractivity contribution in [3.63, 3.8) is 0 Å². The Hall–Kier alpha value is -1.65. The van der Waals surface area contributed by atoms with E-state index in [4.69, 9.17) is 0 Å². The summed E-state index contributed by atoms with van der Waals surface area (Å²) in [5, 5.41) is 13.1. The van der Waals surface area contributed by atoms with Crippen molar-refractivity contribution in [3.8, 4) is 0 Å². The van der Waals surface area contributed by atoms with Crippen LogP contribution in [0.4, 0.5) is 0 Å². The van der Waals surface area contributed by atoms with Gasteiger partial charge in [0, 0.05) is 16.5 Å². The van der Waals surface area contributed by atoms with Crippen molar-refractivity contribution in [2.45, 2.75) is 25.5 Å². The van der Waals surface area contributed by atoms with Crippen LogP contribution in [-0.4, -0.2) is 17.1 Å². The summed E-state index contributed by atoms with van der Waals surface area (Å²) in [6, 6.07) is 13.0. The number of fused-ring (bicyclic) bond motifs is 1. The number of amides is 1. The average Bonchev–Trinajstić information content (AvgIpc) is 2.78. The number of hydrogen-bond donors (Lipinski definition) is 2. The van der Waals surface area contributed by atoms with Crippen LogP contribution in [0.2, 0.25) is 0 Å². The Morgan fingerprint density at radius 2 is 2.05 bits per heavy atom. The van der Waals surface area contributed by atoms with Gasteiger partial charge in [-0.1, -0.05) is 40.2 Å². The van der Waals surface area contributed by atoms with Gasteiger partial charge in [0.05, 0.1) is 12.1 Å². The van der Waals surface area contributed by atoms with Crippen molar-refractivity contribution in [2.24, 2.45) is 0 Å². The Morgan fingerprint density at radius 3 is 2.81 bits per heavy atom. The van der Waals surface area contributed by atoms with Gasteiger partial charge in [-0.15, -0.1) is 0 Å². The molecule has 2 unspecified atom stereocenters. The SMILES string of the molecule is Cc1cc(C(=O)NC2c3ccccc3CC2O)ccc1Br. The highest BCUT2D eigenvalue weighted by Crippen LogP contribution is 2.31. The molecule has 0 spiro atoms. The molecule has 0 aromatic heterocycles. The molecular formula is C17H16BrNO2. The number of halogens is 1. The molecule has 2 aromatic carbocycles. The highest BCUT2D eigenvalue weighted by Gasteiger charge is 2.32. The van der Waals surface area contributed by atoms with Crippen molar-refractivity contribution in [1.29, 1.82) is 0 Å². The van der Waals surface area contributed by atoms with Crippen LogP contribution in [0, 0.1) is 6.92 Å². The predicted octanol–water partition coefficient (Wildman–Crippen LogP) is 3.15. The molecule has 0 radical (unpaired) electrons. The lowest BCUT2D eigenvalue weighted by Crippen LogP contribution is -2.33. The second-order valence-electron chi connectivity index (χ2n) is 5.39. The number of nitrogens with one attached hydrogen (secondary N) is 1. The molecule has 1 aliphatic rings. The molecule has 0 saturated carbocycles. The Bertz CT molecular complexity index is 699. The van der Waals surface area contributed by atoms with Gasteiger partial charge in [0.25, 0.3) is 5.91 Å². The van der Waals surface area contributed by atoms with E-state index in [0.29, 0.717) is 12.0 Å². The molecule has 108 valence electrons. The number of carbonyl (C=O) groups is 1. The summed E-state index contributed by atoms with van der Waals surface area (Å²) in [5.74, 6) is -0.161. The number of carbonyl (C=O) groups excluding carboxylic acids is 1. The number of aryl methyl sites for hydroxylation is 1. The maximum absolute atomic E-state index is 12.4. The summed E-state index contributed by atoms with van der Waals surface area (Å²) in [6.07, 6.45) is 0.0171. The Kier molecular flexibility index (Phi) is 3.83. The van der Waals surface area contributed by atoms with Gasteiger partial charge in [-0.3, -0.25) is 4.79 Å². The molecule has 3 nitrogen and oxygen atoms in total. The Morgan fingerprint density at radius 1 is 1.29 bits per heavy atom. The molecule has 0 saturated heterocycles. The normalized spacial score (nSPS) is 20.1. The second-order valence-corrected chi connectivity index (χ2v) is 6.24. The quantitative estimate of drug-likeness (QED) is 0.878. The van der Waals surface area contributed by atoms with Gasteiger partial charge in [-0.2, -0.15) is 0 Å². The summed E-state index contributed by atoms with van der Waals surface area (Å²) in [4.78, 5) is 12.4. The summed E-state index contributed by atoms with van der Waals surface area (Å²) < 4.78 is 0.977. The van der Waals surface area contributed by atoms with Gasteiger partial charge >= 0.3 is 0 Å². The summed E-state index contributed by atoms with van der Waals surface area (Å²) in [6.45, 7) is 1.95. The molecule has 0 bridgehead atoms. The number of rotatable bonds is 2. The highest BCUT2D eigenvalue weighted by molar-refractivity contribution is 9.10. The van der Waals surface area contributed by atoms with E-state index in [2.05, 4.69) is 21.2 Å². The first-order chi connectivity index (χ1) is 10.1. The maximum atomic E-state index is 12.4. The first kappa shape index (κ1) is 14.3. The van der Waals surface area contributed by atoms with Crippen LogP contribution in [0.25, 0.3) is 0 Å². The predicted molar refractivity (Wildman–Crippen MR) is 85.2 cm³/mol. The number of benzene rings is 2. The minimum absolute atomic E-state index is 0.161. The fourth-order valence-electron chi connectivity index (χ4n) is 2.76. The van der Waals surface area contributed by atoms with Crippen molar-refractivity contribution in [2.75, 3.05) is 0 Å². The third-order valence-electron chi connectivity index (χ3n) is 3.91. The largest absolute Gasteiger partial charge is 0.390 e. The maximum Gasteiger partial charge on any atom is 0.251 e. The van der Waals surface area contributed by atoms with Crippen LogP contribution < -0.4 is 5.32 Å². The van der Waals surface area contributed by atoms with E-state index in [1.807, 2.05) is 43.3 Å². The monoisotopic (exact) mass is 345 g/mol. The van der Waals surface area contributed by atoms with Crippen LogP contribution in [0.3, 0.4) is 0 Å². The summed E-state index contributed by atoms with van der Waals surface area (Å²) in [5.41, 5.74) is 3.72. The van der Waals surface area contributed by atoms with E-state index in [9.17, 15) is 9.90 Å². The zero-order valence-corrected chi connectivity index (χ0v) is 13.2. The molecule has 1 amide bonds. The molecule has 0 aliphatic heterocycles. The third kappa shape index (κ3) is 2.74. The topological polar surface area (TPSA) is 49.3 Å². The summed E-state index contributed by atoms with van der Waals surface area (Å²) >= 11 is 3.43. The molecule has 1 aliphatic carbocycles. The lowest BCUT2D eigenvalue weighted by molar-refractivity contribution is 0.0858. The van der Waals surface area contributed by atoms with Crippen molar-refractivity contribution in [1.82, 2.24) is 5.32 Å². The van der Waals surface area contributed by atoms with E-state index in [-0.39, 0.29) is 11.9 Å². The first-order valence-electron chi connectivity index (χ1n) is 6.89. The van der Waals surface area contributed by atoms with Crippen molar-refractivity contribution in [3.05, 3.63) is 69.2 Å². The van der Waals surface area contributed by atoms with Crippen molar-refractivity contribution < 1.29 is 9.90 Å². The zero-order chi connectivity index (χ0) is 15.0. The second kappa shape index (κ2) is 5.62. The molecular weight excluding hydrogens is 330 g/mol. The molecule has 3 rings (SSSR count). The molecule has 21 heavy (non-hydrogen) atoms. The van der Waals surface area contributed by atoms with Crippen LogP contribution in [0.15, 0.2) is 46.9 Å². The van der Waals surface area contributed by atoms with Crippen LogP contribution in [0.1, 0.15) is 33.1 Å². The first-order valence-corrected chi connectivity index (χ1v) is 7.68. The van der Waals surface area contributed by atoms with Gasteiger partial charge in [0.2, 0.25) is 0 Å². The van der Waals surface area contributed by atoms with Gasteiger partial charge in [-0.05, 0) is 41.8 Å². The number of hydrogen-bond acceptors (Lipinski definition) is 2. The number of aliphatic hydroxyl groups is 1. The average molecular weight is 346 g/mol. The lowest BCUT2D eigenvalue weighted by atomic mass is 10.1. The number of aliphatic hydroxyl groups excluding tert-OH is 1. The lowest BCUT2D eigenvalue weighted by Gasteiger charge is -2.18. The van der Waals surface area contributed by atoms with Crippen LogP contribution in [0.5, 0.6) is 0 Å². The molecule has 0 heterocycles. The van der Waals surface area contributed by atoms with Crippen LogP contribution >= 0.6 is 15.9 Å². The van der Waals surface area contributed by atoms with E-state index in [1.54, 1.807) is 6.07 Å². The Labute approximate surface area is 132 Å². The van der Waals surface area contributed by atoms with Crippen LogP contribution in [-0.2, 0) is 6.42 Å². The summed E-state index contributed by atoms with van der Waals surface area (Å²) in [7, 11) is 0. The zero-order valence-electron chi connectivity index (χ0n) is 11.6. The molecule has 0 fully saturated rings. The minimum atomic E-state index is -0.567. The molecule has 2 aromatic rings. The fourth-order valence-corrected chi connectivity index (χ4v) is 3.00. The van der Waals surface area contributed by atoms with Gasteiger partial charge in [0.15, 0.2) is 0 Å². The Balaban J connectivity index is 1.83. The highest BCUT2D eigenvalue weighted by atomic mass is 79.9. The standard InChI is InChI=1S/C17H16BrNO2/c1-10-8-12(6-7-14(10)18)17(21)19-16-13-5-3-2-4-11(13)9-15(16)20/h2-8,15-16,20H,9H2,1H3,(H,19,21). The van der Waals surface area contributed by atoms with E-state index >= 15 is 0 Å². The molecule has 2 N–H and O–H groups in total. The minimum Gasteiger partial charge on any atom is -0.390 e. The molecule has 2 atom stereocenters. The van der Waals surface area contributed by atoms with E-state index < -0.39 is 6.10 Å².